The molecule has 4 aromatic rings. The Morgan fingerprint density at radius 3 is 2.67 bits per heavy atom. The number of anilines is 1. The molecule has 0 unspecified atom stereocenters. The van der Waals surface area contributed by atoms with Gasteiger partial charge in [-0.2, -0.15) is 15.3 Å². The number of nitrogens with two attached hydrogens (primary N) is 1. The third-order valence-electron chi connectivity index (χ3n) is 4.87. The Morgan fingerprint density at radius 2 is 2.00 bits per heavy atom. The molecule has 10 heteroatoms. The molecule has 3 N–H and O–H groups in total. The SMILES string of the molecule is COc1cc(B(C)O)cc(-c2ccc3c(N)cnnc3c2)c1-n1cc(C(F)F)cn1. The van der Waals surface area contributed by atoms with Crippen molar-refractivity contribution in [1.29, 1.82) is 0 Å². The van der Waals surface area contributed by atoms with Crippen molar-refractivity contribution in [3.05, 3.63) is 54.5 Å². The van der Waals surface area contributed by atoms with Crippen LogP contribution in [0.4, 0.5) is 14.5 Å². The van der Waals surface area contributed by atoms with Crippen molar-refractivity contribution >= 4 is 29.0 Å². The van der Waals surface area contributed by atoms with E-state index in [1.54, 1.807) is 25.0 Å². The van der Waals surface area contributed by atoms with Crippen LogP contribution in [0.5, 0.6) is 5.75 Å². The summed E-state index contributed by atoms with van der Waals surface area (Å²) in [7, 11) is 1.47. The first-order chi connectivity index (χ1) is 14.4. The van der Waals surface area contributed by atoms with Crippen LogP contribution in [0.1, 0.15) is 12.0 Å². The fraction of sp³-hybridized carbons (Fsp3) is 0.150. The number of benzene rings is 2. The minimum atomic E-state index is -2.65. The summed E-state index contributed by atoms with van der Waals surface area (Å²) in [6.07, 6.45) is 1.19. The van der Waals surface area contributed by atoms with E-state index in [1.165, 1.54) is 24.2 Å². The highest BCUT2D eigenvalue weighted by Crippen LogP contribution is 2.35. The fourth-order valence-electron chi connectivity index (χ4n) is 3.30. The van der Waals surface area contributed by atoms with Crippen LogP contribution in [-0.4, -0.2) is 39.0 Å². The van der Waals surface area contributed by atoms with Gasteiger partial charge in [0.2, 0.25) is 0 Å². The second-order valence-corrected chi connectivity index (χ2v) is 6.85. The number of ether oxygens (including phenoxy) is 1. The van der Waals surface area contributed by atoms with Crippen LogP contribution < -0.4 is 15.9 Å². The van der Waals surface area contributed by atoms with Gasteiger partial charge in [-0.1, -0.05) is 19.0 Å². The summed E-state index contributed by atoms with van der Waals surface area (Å²) < 4.78 is 33.1. The number of aromatic nitrogens is 4. The summed E-state index contributed by atoms with van der Waals surface area (Å²) in [6.45, 7) is 0.866. The van der Waals surface area contributed by atoms with Crippen LogP contribution in [0.2, 0.25) is 6.82 Å². The maximum atomic E-state index is 13.1. The van der Waals surface area contributed by atoms with Gasteiger partial charge < -0.3 is 15.5 Å². The van der Waals surface area contributed by atoms with Gasteiger partial charge in [0, 0.05) is 17.1 Å². The molecule has 0 aliphatic rings. The van der Waals surface area contributed by atoms with Gasteiger partial charge in [0.1, 0.15) is 11.4 Å². The maximum absolute atomic E-state index is 13.1. The number of nitrogens with zero attached hydrogens (tertiary/aromatic N) is 4. The van der Waals surface area contributed by atoms with E-state index < -0.39 is 13.3 Å². The van der Waals surface area contributed by atoms with Gasteiger partial charge in [-0.15, -0.1) is 0 Å². The highest BCUT2D eigenvalue weighted by atomic mass is 19.3. The molecule has 0 atom stereocenters. The first kappa shape index (κ1) is 19.8. The zero-order valence-corrected chi connectivity index (χ0v) is 16.3. The Kier molecular flexibility index (Phi) is 5.09. The summed E-state index contributed by atoms with van der Waals surface area (Å²) in [5.74, 6) is 0.381. The largest absolute Gasteiger partial charge is 0.494 e. The van der Waals surface area contributed by atoms with E-state index in [4.69, 9.17) is 10.5 Å². The van der Waals surface area contributed by atoms with Gasteiger partial charge in [-0.3, -0.25) is 0 Å². The van der Waals surface area contributed by atoms with E-state index in [1.807, 2.05) is 12.1 Å². The topological polar surface area (TPSA) is 99.1 Å². The van der Waals surface area contributed by atoms with E-state index in [0.717, 1.165) is 11.6 Å². The summed E-state index contributed by atoms with van der Waals surface area (Å²) >= 11 is 0. The first-order valence-electron chi connectivity index (χ1n) is 9.13. The second-order valence-electron chi connectivity index (χ2n) is 6.85. The summed E-state index contributed by atoms with van der Waals surface area (Å²) in [4.78, 5) is 0. The number of methoxy groups -OCH3 is 1. The van der Waals surface area contributed by atoms with Crippen molar-refractivity contribution in [2.24, 2.45) is 0 Å². The number of halogens is 2. The third-order valence-corrected chi connectivity index (χ3v) is 4.87. The maximum Gasteiger partial charge on any atom is 0.320 e. The van der Waals surface area contributed by atoms with Gasteiger partial charge in [-0.05, 0) is 29.2 Å². The van der Waals surface area contributed by atoms with Gasteiger partial charge in [0.05, 0.1) is 36.3 Å². The summed E-state index contributed by atoms with van der Waals surface area (Å²) in [5.41, 5.74) is 9.24. The monoisotopic (exact) mass is 409 g/mol. The van der Waals surface area contributed by atoms with Crippen molar-refractivity contribution in [1.82, 2.24) is 20.0 Å². The van der Waals surface area contributed by atoms with Gasteiger partial charge in [0.25, 0.3) is 6.43 Å². The molecule has 0 saturated carbocycles. The average molecular weight is 409 g/mol. The number of fused-ring (bicyclic) bond motifs is 1. The van der Waals surface area contributed by atoms with Crippen molar-refractivity contribution in [2.45, 2.75) is 13.2 Å². The Balaban J connectivity index is 2.00. The molecule has 4 rings (SSSR count). The van der Waals surface area contributed by atoms with Crippen LogP contribution in [0, 0.1) is 0 Å². The Morgan fingerprint density at radius 1 is 1.20 bits per heavy atom. The minimum Gasteiger partial charge on any atom is -0.494 e. The molecule has 7 nitrogen and oxygen atoms in total. The van der Waals surface area contributed by atoms with Crippen LogP contribution in [-0.2, 0) is 0 Å². The molecule has 0 saturated heterocycles. The molecular weight excluding hydrogens is 391 g/mol. The van der Waals surface area contributed by atoms with Crippen molar-refractivity contribution in [3.63, 3.8) is 0 Å². The number of alkyl halides is 2. The van der Waals surface area contributed by atoms with E-state index in [0.29, 0.717) is 39.2 Å². The van der Waals surface area contributed by atoms with Gasteiger partial charge >= 0.3 is 6.92 Å². The Hall–Kier alpha value is -3.53. The molecule has 30 heavy (non-hydrogen) atoms. The molecule has 2 heterocycles. The summed E-state index contributed by atoms with van der Waals surface area (Å²) in [6, 6.07) is 8.87. The lowest BCUT2D eigenvalue weighted by Crippen LogP contribution is -2.27. The van der Waals surface area contributed by atoms with Crippen LogP contribution in [0.25, 0.3) is 27.7 Å². The molecule has 2 aromatic carbocycles. The van der Waals surface area contributed by atoms with E-state index >= 15 is 0 Å². The standard InChI is InChI=1S/C20H18BF2N5O2/c1-21(29)13-6-15(11-3-4-14-16(24)9-25-27-17(14)5-11)19(18(7-13)30-2)28-10-12(8-26-28)20(22)23/h3-10,20,29H,1-2H3,(H2,24,27). The van der Waals surface area contributed by atoms with Gasteiger partial charge in [0.15, 0.2) is 0 Å². The van der Waals surface area contributed by atoms with E-state index in [2.05, 4.69) is 15.3 Å². The molecule has 0 amide bonds. The normalized spacial score (nSPS) is 11.3. The van der Waals surface area contributed by atoms with Crippen molar-refractivity contribution in [3.8, 4) is 22.6 Å². The highest BCUT2D eigenvalue weighted by molar-refractivity contribution is 6.65. The van der Waals surface area contributed by atoms with Crippen LogP contribution in [0.3, 0.4) is 0 Å². The lowest BCUT2D eigenvalue weighted by atomic mass is 9.64. The number of hydrogen-bond donors (Lipinski definition) is 2. The quantitative estimate of drug-likeness (QED) is 0.492. The molecule has 0 fully saturated rings. The van der Waals surface area contributed by atoms with Crippen LogP contribution in [0.15, 0.2) is 48.9 Å². The third kappa shape index (κ3) is 3.46. The van der Waals surface area contributed by atoms with E-state index in [-0.39, 0.29) is 5.56 Å². The first-order valence-corrected chi connectivity index (χ1v) is 9.13. The molecule has 2 aromatic heterocycles. The minimum absolute atomic E-state index is 0.209. The zero-order valence-electron chi connectivity index (χ0n) is 16.3. The zero-order chi connectivity index (χ0) is 21.4. The number of hydrogen-bond acceptors (Lipinski definition) is 6. The van der Waals surface area contributed by atoms with Crippen molar-refractivity contribution in [2.75, 3.05) is 12.8 Å². The smallest absolute Gasteiger partial charge is 0.320 e. The molecule has 152 valence electrons. The average Bonchev–Trinajstić information content (AvgIpc) is 3.23. The molecule has 0 radical (unpaired) electrons. The molecule has 0 aliphatic heterocycles. The lowest BCUT2D eigenvalue weighted by Gasteiger charge is -2.17. The number of rotatable bonds is 5. The predicted octanol–water partition coefficient (Wildman–Crippen LogP) is 2.83. The van der Waals surface area contributed by atoms with E-state index in [9.17, 15) is 13.8 Å². The number of nitrogen functional groups attached to an aromatic ring is 1. The van der Waals surface area contributed by atoms with Crippen molar-refractivity contribution < 1.29 is 18.5 Å². The Labute approximate surface area is 171 Å². The molecule has 0 spiro atoms. The Bertz CT molecular complexity index is 1230. The molecule has 0 bridgehead atoms. The molecular formula is C20H18BF2N5O2. The van der Waals surface area contributed by atoms with Gasteiger partial charge in [-0.25, -0.2) is 13.5 Å². The summed E-state index contributed by atoms with van der Waals surface area (Å²) in [5, 5.41) is 23.0. The second kappa shape index (κ2) is 7.71. The van der Waals surface area contributed by atoms with Crippen LogP contribution >= 0.6 is 0 Å². The highest BCUT2D eigenvalue weighted by Gasteiger charge is 2.21. The predicted molar refractivity (Wildman–Crippen MR) is 111 cm³/mol. The molecule has 0 aliphatic carbocycles. The fourth-order valence-corrected chi connectivity index (χ4v) is 3.30. The lowest BCUT2D eigenvalue weighted by molar-refractivity contribution is 0.151.